The van der Waals surface area contributed by atoms with Gasteiger partial charge < -0.3 is 0 Å². The molecule has 0 aliphatic carbocycles. The normalized spacial score (nSPS) is 26.7. The fourth-order valence-corrected chi connectivity index (χ4v) is 2.62. The molecule has 74 valence electrons. The summed E-state index contributed by atoms with van der Waals surface area (Å²) in [6, 6.07) is 8.84. The molecule has 14 heavy (non-hydrogen) atoms. The van der Waals surface area contributed by atoms with E-state index in [2.05, 4.69) is 34.5 Å². The molecule has 2 nitrogen and oxygen atoms in total. The lowest BCUT2D eigenvalue weighted by Gasteiger charge is -2.41. The lowest BCUT2D eigenvalue weighted by molar-refractivity contribution is 0.121. The Morgan fingerprint density at radius 2 is 2.14 bits per heavy atom. The van der Waals surface area contributed by atoms with E-state index in [1.807, 2.05) is 0 Å². The molecular formula is C12H16N2. The topological polar surface area (TPSA) is 15.3 Å². The number of nitrogens with zero attached hydrogens (tertiary/aromatic N) is 1. The summed E-state index contributed by atoms with van der Waals surface area (Å²) in [4.78, 5) is 2.56. The van der Waals surface area contributed by atoms with Crippen LogP contribution in [0.15, 0.2) is 24.3 Å². The zero-order valence-corrected chi connectivity index (χ0v) is 8.37. The molecular weight excluding hydrogens is 172 g/mol. The van der Waals surface area contributed by atoms with Gasteiger partial charge in [0.05, 0.1) is 6.17 Å². The first kappa shape index (κ1) is 8.45. The molecule has 1 aromatic rings. The van der Waals surface area contributed by atoms with E-state index in [0.717, 1.165) is 6.54 Å². The van der Waals surface area contributed by atoms with Gasteiger partial charge in [0.15, 0.2) is 0 Å². The number of fused-ring (bicyclic) bond motifs is 3. The predicted molar refractivity (Wildman–Crippen MR) is 57.1 cm³/mol. The van der Waals surface area contributed by atoms with Crippen molar-refractivity contribution in [2.75, 3.05) is 19.6 Å². The molecule has 0 amide bonds. The Morgan fingerprint density at radius 3 is 3.14 bits per heavy atom. The van der Waals surface area contributed by atoms with E-state index in [0.29, 0.717) is 6.17 Å². The van der Waals surface area contributed by atoms with Crippen molar-refractivity contribution in [2.45, 2.75) is 19.0 Å². The third kappa shape index (κ3) is 1.26. The Hall–Kier alpha value is -0.860. The summed E-state index contributed by atoms with van der Waals surface area (Å²) in [5.74, 6) is 0. The Kier molecular flexibility index (Phi) is 2.03. The van der Waals surface area contributed by atoms with Gasteiger partial charge in [0, 0.05) is 13.1 Å². The first-order chi connectivity index (χ1) is 6.95. The van der Waals surface area contributed by atoms with Gasteiger partial charge in [0.2, 0.25) is 0 Å². The Labute approximate surface area is 84.9 Å². The van der Waals surface area contributed by atoms with Gasteiger partial charge in [-0.1, -0.05) is 24.3 Å². The maximum absolute atomic E-state index is 3.60. The van der Waals surface area contributed by atoms with E-state index in [1.165, 1.54) is 37.1 Å². The molecule has 2 heteroatoms. The SMILES string of the molecule is c1ccc2c(c1)CCN1CCCNC21. The highest BCUT2D eigenvalue weighted by atomic mass is 15.3. The minimum atomic E-state index is 0.494. The molecule has 3 rings (SSSR count). The molecule has 1 unspecified atom stereocenters. The van der Waals surface area contributed by atoms with E-state index in [9.17, 15) is 0 Å². The molecule has 0 aromatic heterocycles. The van der Waals surface area contributed by atoms with E-state index in [4.69, 9.17) is 0 Å². The van der Waals surface area contributed by atoms with Crippen molar-refractivity contribution < 1.29 is 0 Å². The first-order valence-electron chi connectivity index (χ1n) is 5.50. The van der Waals surface area contributed by atoms with Gasteiger partial charge in [-0.25, -0.2) is 0 Å². The van der Waals surface area contributed by atoms with Crippen LogP contribution in [0.1, 0.15) is 23.7 Å². The molecule has 1 atom stereocenters. The number of rotatable bonds is 0. The van der Waals surface area contributed by atoms with Gasteiger partial charge in [-0.3, -0.25) is 10.2 Å². The van der Waals surface area contributed by atoms with Crippen LogP contribution in [0.2, 0.25) is 0 Å². The highest BCUT2D eigenvalue weighted by Gasteiger charge is 2.28. The van der Waals surface area contributed by atoms with E-state index >= 15 is 0 Å². The second-order valence-electron chi connectivity index (χ2n) is 4.19. The summed E-state index contributed by atoms with van der Waals surface area (Å²) in [6.07, 6.45) is 3.00. The third-order valence-electron chi connectivity index (χ3n) is 3.34. The van der Waals surface area contributed by atoms with Gasteiger partial charge in [0.1, 0.15) is 0 Å². The van der Waals surface area contributed by atoms with Crippen LogP contribution in [0.3, 0.4) is 0 Å². The van der Waals surface area contributed by atoms with Crippen LogP contribution in [0.5, 0.6) is 0 Å². The first-order valence-corrected chi connectivity index (χ1v) is 5.50. The monoisotopic (exact) mass is 188 g/mol. The van der Waals surface area contributed by atoms with Gasteiger partial charge >= 0.3 is 0 Å². The van der Waals surface area contributed by atoms with Gasteiger partial charge in [-0.05, 0) is 30.5 Å². The minimum absolute atomic E-state index is 0.494. The molecule has 2 aliphatic rings. The summed E-state index contributed by atoms with van der Waals surface area (Å²) in [6.45, 7) is 3.64. The molecule has 0 bridgehead atoms. The molecule has 0 radical (unpaired) electrons. The number of benzene rings is 1. The van der Waals surface area contributed by atoms with Crippen LogP contribution >= 0.6 is 0 Å². The lowest BCUT2D eigenvalue weighted by Crippen LogP contribution is -2.48. The molecule has 2 heterocycles. The van der Waals surface area contributed by atoms with Crippen LogP contribution in [-0.2, 0) is 6.42 Å². The van der Waals surface area contributed by atoms with Crippen molar-refractivity contribution in [3.05, 3.63) is 35.4 Å². The summed E-state index contributed by atoms with van der Waals surface area (Å²) >= 11 is 0. The summed E-state index contributed by atoms with van der Waals surface area (Å²) in [5.41, 5.74) is 3.03. The highest BCUT2D eigenvalue weighted by Crippen LogP contribution is 2.29. The lowest BCUT2D eigenvalue weighted by atomic mass is 9.95. The fraction of sp³-hybridized carbons (Fsp3) is 0.500. The van der Waals surface area contributed by atoms with Gasteiger partial charge in [-0.15, -0.1) is 0 Å². The Morgan fingerprint density at radius 1 is 1.21 bits per heavy atom. The van der Waals surface area contributed by atoms with Crippen molar-refractivity contribution in [3.63, 3.8) is 0 Å². The van der Waals surface area contributed by atoms with Crippen LogP contribution in [0, 0.1) is 0 Å². The van der Waals surface area contributed by atoms with Crippen LogP contribution in [0.25, 0.3) is 0 Å². The van der Waals surface area contributed by atoms with Crippen LogP contribution in [0.4, 0.5) is 0 Å². The molecule has 0 spiro atoms. The maximum atomic E-state index is 3.60. The van der Waals surface area contributed by atoms with Crippen LogP contribution < -0.4 is 5.32 Å². The molecule has 1 N–H and O–H groups in total. The minimum Gasteiger partial charge on any atom is -0.298 e. The molecule has 2 aliphatic heterocycles. The summed E-state index contributed by atoms with van der Waals surface area (Å²) < 4.78 is 0. The standard InChI is InChI=1S/C12H16N2/c1-2-5-11-10(4-1)6-9-14-8-3-7-13-12(11)14/h1-2,4-5,12-13H,3,6-9H2. The maximum Gasteiger partial charge on any atom is 0.0863 e. The summed E-state index contributed by atoms with van der Waals surface area (Å²) in [7, 11) is 0. The highest BCUT2D eigenvalue weighted by molar-refractivity contribution is 5.32. The third-order valence-corrected chi connectivity index (χ3v) is 3.34. The molecule has 0 saturated carbocycles. The predicted octanol–water partition coefficient (Wildman–Crippen LogP) is 1.54. The number of nitrogens with one attached hydrogen (secondary N) is 1. The second kappa shape index (κ2) is 3.37. The largest absolute Gasteiger partial charge is 0.298 e. The van der Waals surface area contributed by atoms with Crippen molar-refractivity contribution in [3.8, 4) is 0 Å². The van der Waals surface area contributed by atoms with Crippen molar-refractivity contribution in [2.24, 2.45) is 0 Å². The Bertz CT molecular complexity index is 335. The van der Waals surface area contributed by atoms with Gasteiger partial charge in [0.25, 0.3) is 0 Å². The quantitative estimate of drug-likeness (QED) is 0.664. The fourth-order valence-electron chi connectivity index (χ4n) is 2.62. The Balaban J connectivity index is 1.99. The molecule has 1 saturated heterocycles. The average Bonchev–Trinajstić information content (AvgIpc) is 2.29. The number of hydrogen-bond acceptors (Lipinski definition) is 2. The smallest absolute Gasteiger partial charge is 0.0863 e. The zero-order chi connectivity index (χ0) is 9.38. The number of hydrogen-bond donors (Lipinski definition) is 1. The van der Waals surface area contributed by atoms with E-state index < -0.39 is 0 Å². The van der Waals surface area contributed by atoms with Gasteiger partial charge in [-0.2, -0.15) is 0 Å². The average molecular weight is 188 g/mol. The molecule has 1 fully saturated rings. The van der Waals surface area contributed by atoms with Crippen molar-refractivity contribution in [1.29, 1.82) is 0 Å². The molecule has 1 aromatic carbocycles. The zero-order valence-electron chi connectivity index (χ0n) is 8.37. The van der Waals surface area contributed by atoms with E-state index in [1.54, 1.807) is 0 Å². The van der Waals surface area contributed by atoms with Crippen molar-refractivity contribution in [1.82, 2.24) is 10.2 Å². The summed E-state index contributed by atoms with van der Waals surface area (Å²) in [5, 5.41) is 3.60. The second-order valence-corrected chi connectivity index (χ2v) is 4.19. The van der Waals surface area contributed by atoms with Crippen molar-refractivity contribution >= 4 is 0 Å². The van der Waals surface area contributed by atoms with Crippen LogP contribution in [-0.4, -0.2) is 24.5 Å². The van der Waals surface area contributed by atoms with E-state index in [-0.39, 0.29) is 0 Å².